The third kappa shape index (κ3) is 2.23. The minimum Gasteiger partial charge on any atom is -0.314 e. The topological polar surface area (TPSA) is 15.3 Å². The molecule has 0 aliphatic carbocycles. The average molecular weight is 219 g/mol. The van der Waals surface area contributed by atoms with Gasteiger partial charge in [-0.1, -0.05) is 20.8 Å². The van der Waals surface area contributed by atoms with Crippen LogP contribution in [-0.2, 0) is 0 Å². The minimum atomic E-state index is 0. The first-order valence-corrected chi connectivity index (χ1v) is 5.54. The van der Waals surface area contributed by atoms with E-state index >= 15 is 0 Å². The zero-order chi connectivity index (χ0) is 9.47. The van der Waals surface area contributed by atoms with Crippen LogP contribution in [0.1, 0.15) is 27.2 Å². The predicted molar refractivity (Wildman–Crippen MR) is 63.0 cm³/mol. The summed E-state index contributed by atoms with van der Waals surface area (Å²) in [5.41, 5.74) is 0.522. The molecule has 1 unspecified atom stereocenters. The second-order valence-electron chi connectivity index (χ2n) is 5.46. The molecule has 0 spiro atoms. The molecule has 0 amide bonds. The van der Waals surface area contributed by atoms with E-state index in [0.717, 1.165) is 12.0 Å². The number of halogens is 1. The van der Waals surface area contributed by atoms with E-state index < -0.39 is 0 Å². The maximum atomic E-state index is 3.36. The van der Waals surface area contributed by atoms with Crippen LogP contribution < -0.4 is 5.32 Å². The molecule has 0 bridgehead atoms. The molecular formula is C11H23ClN2. The molecule has 2 rings (SSSR count). The van der Waals surface area contributed by atoms with Crippen LogP contribution in [0.5, 0.6) is 0 Å². The van der Waals surface area contributed by atoms with Crippen LogP contribution in [0, 0.1) is 11.3 Å². The summed E-state index contributed by atoms with van der Waals surface area (Å²) in [5.74, 6) is 0.886. The van der Waals surface area contributed by atoms with Crippen molar-refractivity contribution in [3.8, 4) is 0 Å². The van der Waals surface area contributed by atoms with Gasteiger partial charge in [-0.05, 0) is 24.3 Å². The summed E-state index contributed by atoms with van der Waals surface area (Å²) < 4.78 is 0. The largest absolute Gasteiger partial charge is 0.314 e. The van der Waals surface area contributed by atoms with E-state index in [1.54, 1.807) is 0 Å². The molecule has 14 heavy (non-hydrogen) atoms. The fraction of sp³-hybridized carbons (Fsp3) is 1.00. The van der Waals surface area contributed by atoms with Crippen molar-refractivity contribution in [3.05, 3.63) is 0 Å². The molecule has 0 radical (unpaired) electrons. The summed E-state index contributed by atoms with van der Waals surface area (Å²) in [7, 11) is 0. The molecule has 2 saturated heterocycles. The highest BCUT2D eigenvalue weighted by atomic mass is 35.5. The number of rotatable bonds is 1. The fourth-order valence-corrected chi connectivity index (χ4v) is 2.35. The predicted octanol–water partition coefficient (Wildman–Crippen LogP) is 1.75. The van der Waals surface area contributed by atoms with Crippen LogP contribution in [0.15, 0.2) is 0 Å². The highest BCUT2D eigenvalue weighted by Crippen LogP contribution is 2.35. The first-order valence-electron chi connectivity index (χ1n) is 5.54. The highest BCUT2D eigenvalue weighted by Gasteiger charge is 2.36. The molecule has 2 nitrogen and oxygen atoms in total. The van der Waals surface area contributed by atoms with Crippen LogP contribution in [0.4, 0.5) is 0 Å². The van der Waals surface area contributed by atoms with E-state index in [-0.39, 0.29) is 12.4 Å². The van der Waals surface area contributed by atoms with Gasteiger partial charge < -0.3 is 5.32 Å². The molecule has 0 saturated carbocycles. The Morgan fingerprint density at radius 2 is 1.93 bits per heavy atom. The molecule has 1 atom stereocenters. The maximum absolute atomic E-state index is 3.36. The SMILES string of the molecule is CC1CCN(C2CNC2)CC1(C)C.Cl. The summed E-state index contributed by atoms with van der Waals surface area (Å²) >= 11 is 0. The normalized spacial score (nSPS) is 33.2. The van der Waals surface area contributed by atoms with Gasteiger partial charge in [0.1, 0.15) is 0 Å². The van der Waals surface area contributed by atoms with Gasteiger partial charge in [0, 0.05) is 25.7 Å². The third-order valence-corrected chi connectivity index (χ3v) is 4.07. The van der Waals surface area contributed by atoms with Crippen molar-refractivity contribution in [2.45, 2.75) is 33.2 Å². The number of likely N-dealkylation sites (tertiary alicyclic amines) is 1. The number of nitrogens with zero attached hydrogens (tertiary/aromatic N) is 1. The van der Waals surface area contributed by atoms with Gasteiger partial charge >= 0.3 is 0 Å². The number of hydrogen-bond acceptors (Lipinski definition) is 2. The van der Waals surface area contributed by atoms with Gasteiger partial charge in [0.15, 0.2) is 0 Å². The lowest BCUT2D eigenvalue weighted by Gasteiger charge is -2.48. The van der Waals surface area contributed by atoms with Gasteiger partial charge in [-0.2, -0.15) is 0 Å². The first kappa shape index (κ1) is 12.3. The van der Waals surface area contributed by atoms with E-state index in [0.29, 0.717) is 5.41 Å². The standard InChI is InChI=1S/C11H22N2.ClH/c1-9-4-5-13(8-11(9,2)3)10-6-12-7-10;/h9-10,12H,4-8H2,1-3H3;1H. The first-order chi connectivity index (χ1) is 6.09. The van der Waals surface area contributed by atoms with Gasteiger partial charge in [-0.15, -0.1) is 12.4 Å². The van der Waals surface area contributed by atoms with Crippen LogP contribution in [0.3, 0.4) is 0 Å². The smallest absolute Gasteiger partial charge is 0.0345 e. The quantitative estimate of drug-likeness (QED) is 0.722. The van der Waals surface area contributed by atoms with Crippen molar-refractivity contribution in [1.29, 1.82) is 0 Å². The van der Waals surface area contributed by atoms with E-state index in [1.807, 2.05) is 0 Å². The zero-order valence-electron chi connectivity index (χ0n) is 9.55. The fourth-order valence-electron chi connectivity index (χ4n) is 2.35. The Morgan fingerprint density at radius 3 is 2.36 bits per heavy atom. The van der Waals surface area contributed by atoms with Crippen LogP contribution in [0.2, 0.25) is 0 Å². The molecule has 1 N–H and O–H groups in total. The monoisotopic (exact) mass is 218 g/mol. The molecule has 0 aromatic carbocycles. The summed E-state index contributed by atoms with van der Waals surface area (Å²) in [4.78, 5) is 2.68. The lowest BCUT2D eigenvalue weighted by Crippen LogP contribution is -2.61. The van der Waals surface area contributed by atoms with Crippen LogP contribution >= 0.6 is 12.4 Å². The van der Waals surface area contributed by atoms with Crippen molar-refractivity contribution in [1.82, 2.24) is 10.2 Å². The maximum Gasteiger partial charge on any atom is 0.0345 e. The summed E-state index contributed by atoms with van der Waals surface area (Å²) in [6.07, 6.45) is 1.38. The number of hydrogen-bond donors (Lipinski definition) is 1. The van der Waals surface area contributed by atoms with Gasteiger partial charge in [0.05, 0.1) is 0 Å². The number of piperidine rings is 1. The summed E-state index contributed by atoms with van der Waals surface area (Å²) in [5, 5.41) is 3.36. The summed E-state index contributed by atoms with van der Waals surface area (Å²) in [6, 6.07) is 0.840. The Kier molecular flexibility index (Phi) is 3.84. The lowest BCUT2D eigenvalue weighted by atomic mass is 9.74. The molecule has 2 aliphatic heterocycles. The molecule has 0 aromatic heterocycles. The van der Waals surface area contributed by atoms with E-state index in [9.17, 15) is 0 Å². The second kappa shape index (κ2) is 4.38. The van der Waals surface area contributed by atoms with E-state index in [4.69, 9.17) is 0 Å². The second-order valence-corrected chi connectivity index (χ2v) is 5.46. The zero-order valence-corrected chi connectivity index (χ0v) is 10.4. The third-order valence-electron chi connectivity index (χ3n) is 4.07. The highest BCUT2D eigenvalue weighted by molar-refractivity contribution is 5.85. The summed E-state index contributed by atoms with van der Waals surface area (Å²) in [6.45, 7) is 12.3. The molecule has 3 heteroatoms. The average Bonchev–Trinajstić information content (AvgIpc) is 1.92. The van der Waals surface area contributed by atoms with Crippen molar-refractivity contribution in [2.24, 2.45) is 11.3 Å². The van der Waals surface area contributed by atoms with Crippen molar-refractivity contribution >= 4 is 12.4 Å². The van der Waals surface area contributed by atoms with Crippen LogP contribution in [0.25, 0.3) is 0 Å². The van der Waals surface area contributed by atoms with Crippen molar-refractivity contribution in [2.75, 3.05) is 26.2 Å². The molecular weight excluding hydrogens is 196 g/mol. The van der Waals surface area contributed by atoms with Crippen molar-refractivity contribution in [3.63, 3.8) is 0 Å². The number of nitrogens with one attached hydrogen (secondary N) is 1. The molecule has 0 aromatic rings. The van der Waals surface area contributed by atoms with Gasteiger partial charge in [-0.25, -0.2) is 0 Å². The lowest BCUT2D eigenvalue weighted by molar-refractivity contribution is 0.0198. The molecule has 84 valence electrons. The Hall–Kier alpha value is 0.210. The Balaban J connectivity index is 0.000000980. The minimum absolute atomic E-state index is 0. The van der Waals surface area contributed by atoms with Gasteiger partial charge in [0.2, 0.25) is 0 Å². The van der Waals surface area contributed by atoms with E-state index in [2.05, 4.69) is 31.0 Å². The Labute approximate surface area is 93.8 Å². The molecule has 2 aliphatic rings. The van der Waals surface area contributed by atoms with Gasteiger partial charge in [0.25, 0.3) is 0 Å². The Morgan fingerprint density at radius 1 is 1.29 bits per heavy atom. The Bertz CT molecular complexity index is 190. The van der Waals surface area contributed by atoms with Crippen molar-refractivity contribution < 1.29 is 0 Å². The van der Waals surface area contributed by atoms with E-state index in [1.165, 1.54) is 32.6 Å². The molecule has 2 fully saturated rings. The van der Waals surface area contributed by atoms with Crippen LogP contribution in [-0.4, -0.2) is 37.1 Å². The van der Waals surface area contributed by atoms with Gasteiger partial charge in [-0.3, -0.25) is 4.90 Å². The molecule has 2 heterocycles.